The van der Waals surface area contributed by atoms with Crippen molar-refractivity contribution >= 4 is 39.8 Å². The van der Waals surface area contributed by atoms with Crippen LogP contribution in [0.5, 0.6) is 11.5 Å². The number of aliphatic carboxylic acids is 2. The van der Waals surface area contributed by atoms with E-state index in [0.717, 1.165) is 0 Å². The topological polar surface area (TPSA) is 230 Å². The molecule has 0 saturated carbocycles. The predicted octanol–water partition coefficient (Wildman–Crippen LogP) is 0.388. The molecule has 3 rings (SSSR count). The summed E-state index contributed by atoms with van der Waals surface area (Å²) in [4.78, 5) is 34.9. The summed E-state index contributed by atoms with van der Waals surface area (Å²) < 4.78 is 40.0. The zero-order valence-corrected chi connectivity index (χ0v) is 20.1. The number of hydrogen-bond donors (Lipinski definition) is 7. The summed E-state index contributed by atoms with van der Waals surface area (Å²) in [6.45, 7) is -0.178. The fraction of sp³-hybridized carbons (Fsp3) is 0.273. The molecule has 37 heavy (non-hydrogen) atoms. The summed E-state index contributed by atoms with van der Waals surface area (Å²) in [5.41, 5.74) is 7.16. The number of aryl methyl sites for hydroxylation is 1. The van der Waals surface area contributed by atoms with E-state index in [2.05, 4.69) is 10.0 Å². The maximum Gasteiger partial charge on any atom is 0.343 e. The molecule has 0 aromatic heterocycles. The number of anilines is 1. The van der Waals surface area contributed by atoms with Gasteiger partial charge in [-0.1, -0.05) is 12.1 Å². The van der Waals surface area contributed by atoms with Crippen LogP contribution >= 0.6 is 0 Å². The van der Waals surface area contributed by atoms with Crippen LogP contribution in [0.15, 0.2) is 36.4 Å². The highest BCUT2D eigenvalue weighted by molar-refractivity contribution is 7.87. The number of fused-ring (bicyclic) bond motifs is 2. The van der Waals surface area contributed by atoms with Crippen LogP contribution in [0.25, 0.3) is 0 Å². The van der Waals surface area contributed by atoms with Gasteiger partial charge in [0.15, 0.2) is 17.5 Å². The van der Waals surface area contributed by atoms with E-state index in [9.17, 15) is 22.8 Å². The Kier molecular flexibility index (Phi) is 8.65. The largest absolute Gasteiger partial charge is 0.489 e. The van der Waals surface area contributed by atoms with E-state index in [1.54, 1.807) is 22.9 Å². The first-order valence-corrected chi connectivity index (χ1v) is 12.4. The number of hydrogen-bond acceptors (Lipinski definition) is 8. The highest BCUT2D eigenvalue weighted by Crippen LogP contribution is 2.33. The van der Waals surface area contributed by atoms with Crippen molar-refractivity contribution in [2.75, 3.05) is 11.9 Å². The SMILES string of the molecule is N=C(N)Nc1ccc2c(c1)CCCOc1c(CNS(=O)(=O)N[C@@H](CC(=O)O)C(=O)O)cccc1OC2=O. The van der Waals surface area contributed by atoms with Gasteiger partial charge in [-0.05, 0) is 42.7 Å². The van der Waals surface area contributed by atoms with Gasteiger partial charge >= 0.3 is 17.9 Å². The Morgan fingerprint density at radius 2 is 1.95 bits per heavy atom. The van der Waals surface area contributed by atoms with Gasteiger partial charge in [-0.25, -0.2) is 4.79 Å². The van der Waals surface area contributed by atoms with Crippen molar-refractivity contribution in [3.63, 3.8) is 0 Å². The van der Waals surface area contributed by atoms with Gasteiger partial charge in [-0.15, -0.1) is 0 Å². The molecule has 0 saturated heterocycles. The van der Waals surface area contributed by atoms with E-state index in [4.69, 9.17) is 30.8 Å². The minimum absolute atomic E-state index is 0.0442. The molecule has 0 unspecified atom stereocenters. The molecule has 2 aromatic rings. The highest BCUT2D eigenvalue weighted by Gasteiger charge is 2.27. The molecule has 0 aliphatic carbocycles. The quantitative estimate of drug-likeness (QED) is 0.100. The monoisotopic (exact) mass is 535 g/mol. The van der Waals surface area contributed by atoms with Crippen LogP contribution in [-0.2, 0) is 32.8 Å². The van der Waals surface area contributed by atoms with Gasteiger partial charge in [0.05, 0.1) is 18.6 Å². The molecular weight excluding hydrogens is 510 g/mol. The summed E-state index contributed by atoms with van der Waals surface area (Å²) >= 11 is 0. The van der Waals surface area contributed by atoms with E-state index in [0.29, 0.717) is 35.2 Å². The molecule has 1 heterocycles. The Morgan fingerprint density at radius 1 is 1.19 bits per heavy atom. The summed E-state index contributed by atoms with van der Waals surface area (Å²) in [6.07, 6.45) is -0.0315. The maximum absolute atomic E-state index is 12.9. The van der Waals surface area contributed by atoms with Gasteiger partial charge in [0, 0.05) is 17.8 Å². The van der Waals surface area contributed by atoms with Gasteiger partial charge in [0.2, 0.25) is 0 Å². The molecule has 0 amide bonds. The Bertz CT molecular complexity index is 1330. The number of guanidine groups is 1. The first kappa shape index (κ1) is 27.4. The predicted molar refractivity (Wildman–Crippen MR) is 130 cm³/mol. The number of carbonyl (C=O) groups is 3. The number of carboxylic acids is 2. The Labute approximate surface area is 211 Å². The van der Waals surface area contributed by atoms with Gasteiger partial charge < -0.3 is 30.7 Å². The van der Waals surface area contributed by atoms with Gasteiger partial charge in [-0.2, -0.15) is 17.9 Å². The van der Waals surface area contributed by atoms with Crippen LogP contribution in [0.3, 0.4) is 0 Å². The van der Waals surface area contributed by atoms with Crippen molar-refractivity contribution < 1.29 is 42.5 Å². The number of ether oxygens (including phenoxy) is 2. The van der Waals surface area contributed by atoms with Crippen molar-refractivity contribution in [1.29, 1.82) is 5.41 Å². The van der Waals surface area contributed by atoms with Crippen LogP contribution in [0.4, 0.5) is 5.69 Å². The third-order valence-electron chi connectivity index (χ3n) is 5.13. The molecule has 0 radical (unpaired) electrons. The Balaban J connectivity index is 1.81. The van der Waals surface area contributed by atoms with E-state index in [1.807, 2.05) is 0 Å². The van der Waals surface area contributed by atoms with Crippen LogP contribution in [-0.4, -0.2) is 55.1 Å². The van der Waals surface area contributed by atoms with E-state index >= 15 is 0 Å². The number of esters is 1. The van der Waals surface area contributed by atoms with Crippen molar-refractivity contribution in [2.24, 2.45) is 5.73 Å². The van der Waals surface area contributed by atoms with Crippen LogP contribution in [0.2, 0.25) is 0 Å². The second kappa shape index (κ2) is 11.7. The molecule has 15 heteroatoms. The Hall–Kier alpha value is -4.21. The summed E-state index contributed by atoms with van der Waals surface area (Å²) in [7, 11) is -4.43. The number of nitrogens with one attached hydrogen (secondary N) is 4. The number of nitrogens with two attached hydrogens (primary N) is 1. The molecule has 1 aliphatic rings. The summed E-state index contributed by atoms with van der Waals surface area (Å²) in [6, 6.07) is 7.46. The first-order chi connectivity index (χ1) is 17.4. The third kappa shape index (κ3) is 7.63. The van der Waals surface area contributed by atoms with Crippen molar-refractivity contribution in [3.8, 4) is 11.5 Å². The average molecular weight is 536 g/mol. The van der Waals surface area contributed by atoms with Crippen molar-refractivity contribution in [3.05, 3.63) is 53.1 Å². The summed E-state index contributed by atoms with van der Waals surface area (Å²) in [5.74, 6) is -3.90. The number of para-hydroxylation sites is 1. The highest BCUT2D eigenvalue weighted by atomic mass is 32.2. The molecule has 0 fully saturated rings. The second-order valence-electron chi connectivity index (χ2n) is 7.93. The van der Waals surface area contributed by atoms with Crippen LogP contribution < -0.4 is 30.0 Å². The van der Waals surface area contributed by atoms with E-state index < -0.39 is 40.6 Å². The second-order valence-corrected chi connectivity index (χ2v) is 9.46. The lowest BCUT2D eigenvalue weighted by Crippen LogP contribution is -2.47. The van der Waals surface area contributed by atoms with Gasteiger partial charge in [0.1, 0.15) is 6.04 Å². The van der Waals surface area contributed by atoms with Crippen molar-refractivity contribution in [1.82, 2.24) is 9.44 Å². The van der Waals surface area contributed by atoms with Crippen LogP contribution in [0, 0.1) is 5.41 Å². The lowest BCUT2D eigenvalue weighted by molar-refractivity contribution is -0.145. The van der Waals surface area contributed by atoms with E-state index in [-0.39, 0.29) is 30.6 Å². The van der Waals surface area contributed by atoms with E-state index in [1.165, 1.54) is 18.2 Å². The normalized spacial score (nSPS) is 14.2. The molecule has 14 nitrogen and oxygen atoms in total. The third-order valence-corrected chi connectivity index (χ3v) is 6.25. The maximum atomic E-state index is 12.9. The summed E-state index contributed by atoms with van der Waals surface area (Å²) in [5, 5.41) is 27.9. The minimum atomic E-state index is -4.43. The molecule has 1 aliphatic heterocycles. The standard InChI is InChI=1S/C22H25N5O9S/c23-22(24)26-14-6-7-15-12(9-14)4-2-8-35-19-13(3-1-5-17(19)36-21(15)32)11-25-37(33,34)27-16(20(30)31)10-18(28)29/h1,3,5-7,9,16,25,27H,2,4,8,10-11H2,(H,28,29)(H,30,31)(H4,23,24,26)/t16-/m0/s1. The zero-order chi connectivity index (χ0) is 27.2. The number of rotatable bonds is 9. The number of carbonyl (C=O) groups excluding carboxylic acids is 1. The number of benzene rings is 2. The molecule has 2 aromatic carbocycles. The number of carboxylic acid groups (broad SMARTS) is 2. The lowest BCUT2D eigenvalue weighted by atomic mass is 10.0. The molecular formula is C22H25N5O9S. The Morgan fingerprint density at radius 3 is 2.62 bits per heavy atom. The van der Waals surface area contributed by atoms with Crippen molar-refractivity contribution in [2.45, 2.75) is 31.8 Å². The first-order valence-electron chi connectivity index (χ1n) is 10.9. The molecule has 1 atom stereocenters. The lowest BCUT2D eigenvalue weighted by Gasteiger charge is -2.19. The zero-order valence-electron chi connectivity index (χ0n) is 19.3. The van der Waals surface area contributed by atoms with Gasteiger partial charge in [-0.3, -0.25) is 15.0 Å². The minimum Gasteiger partial charge on any atom is -0.489 e. The molecule has 8 N–H and O–H groups in total. The van der Waals surface area contributed by atoms with Crippen LogP contribution in [0.1, 0.15) is 34.3 Å². The van der Waals surface area contributed by atoms with Gasteiger partial charge in [0.25, 0.3) is 10.2 Å². The molecule has 0 spiro atoms. The smallest absolute Gasteiger partial charge is 0.343 e. The molecule has 0 bridgehead atoms. The fourth-order valence-corrected chi connectivity index (χ4v) is 4.51. The fourth-order valence-electron chi connectivity index (χ4n) is 3.53. The average Bonchev–Trinajstić information content (AvgIpc) is 2.80. The molecule has 198 valence electrons.